The molecule has 1 fully saturated rings. The quantitative estimate of drug-likeness (QED) is 0.393. The maximum atomic E-state index is 10.1. The van der Waals surface area contributed by atoms with Gasteiger partial charge in [-0.05, 0) is 0 Å². The Kier molecular flexibility index (Phi) is 3.97. The first-order valence-electron chi connectivity index (χ1n) is 6.67. The number of aromatic nitrogens is 2. The van der Waals surface area contributed by atoms with Gasteiger partial charge in [-0.3, -0.25) is 0 Å². The van der Waals surface area contributed by atoms with Crippen molar-refractivity contribution in [2.45, 2.75) is 49.5 Å². The Morgan fingerprint density at radius 3 is 2.67 bits per heavy atom. The van der Waals surface area contributed by atoms with Crippen LogP contribution in [0.5, 0.6) is 0 Å². The molecule has 118 valence electrons. The minimum absolute atomic E-state index is 0.190. The molecule has 9 nitrogen and oxygen atoms in total. The van der Waals surface area contributed by atoms with E-state index in [4.69, 9.17) is 9.47 Å². The first kappa shape index (κ1) is 14.9. The van der Waals surface area contributed by atoms with Gasteiger partial charge >= 0.3 is 0 Å². The number of aliphatic hydroxyl groups is 5. The van der Waals surface area contributed by atoms with Crippen molar-refractivity contribution < 1.29 is 35.0 Å². The second-order valence-electron chi connectivity index (χ2n) is 5.30. The number of aliphatic hydroxyl groups excluding tert-OH is 5. The molecular formula is C12H18N2O7. The molecule has 2 aliphatic rings. The molecule has 0 aliphatic carbocycles. The smallest absolute Gasteiger partial charge is 0.186 e. The molecule has 3 rings (SSSR count). The molecule has 1 aromatic heterocycles. The van der Waals surface area contributed by atoms with Gasteiger partial charge in [0.25, 0.3) is 0 Å². The molecule has 3 heterocycles. The standard InChI is InChI=1S/C12H18N2O7/c15-5-4-20-12(10(19)7(5)16)21-6-3-14-2-1-13-11(14)9(18)8(6)17/h1-2,5-10,12,15-19H,3-4H2/t5-,6-,7+,8-,9-,10-,12+/m1/s1. The van der Waals surface area contributed by atoms with E-state index in [0.717, 1.165) is 0 Å². The molecule has 0 radical (unpaired) electrons. The number of hydrogen-bond acceptors (Lipinski definition) is 8. The van der Waals surface area contributed by atoms with Crippen LogP contribution < -0.4 is 0 Å². The summed E-state index contributed by atoms with van der Waals surface area (Å²) in [7, 11) is 0. The van der Waals surface area contributed by atoms with E-state index in [9.17, 15) is 25.5 Å². The highest BCUT2D eigenvalue weighted by molar-refractivity contribution is 5.05. The average Bonchev–Trinajstić information content (AvgIpc) is 2.93. The zero-order valence-corrected chi connectivity index (χ0v) is 11.1. The van der Waals surface area contributed by atoms with E-state index < -0.39 is 42.9 Å². The monoisotopic (exact) mass is 302 g/mol. The Labute approximate surface area is 120 Å². The van der Waals surface area contributed by atoms with Crippen molar-refractivity contribution >= 4 is 0 Å². The molecule has 0 spiro atoms. The lowest BCUT2D eigenvalue weighted by molar-refractivity contribution is -0.296. The Bertz CT molecular complexity index is 496. The van der Waals surface area contributed by atoms with Crippen LogP contribution in [0.25, 0.3) is 0 Å². The number of rotatable bonds is 2. The highest BCUT2D eigenvalue weighted by Crippen LogP contribution is 2.28. The number of fused-ring (bicyclic) bond motifs is 1. The summed E-state index contributed by atoms with van der Waals surface area (Å²) >= 11 is 0. The predicted octanol–water partition coefficient (Wildman–Crippen LogP) is -2.88. The first-order chi connectivity index (χ1) is 9.99. The van der Waals surface area contributed by atoms with E-state index in [-0.39, 0.29) is 13.2 Å². The van der Waals surface area contributed by atoms with Crippen molar-refractivity contribution in [3.8, 4) is 0 Å². The fourth-order valence-electron chi connectivity index (χ4n) is 2.59. The Hall–Kier alpha value is -1.07. The highest BCUT2D eigenvalue weighted by Gasteiger charge is 2.43. The van der Waals surface area contributed by atoms with Crippen LogP contribution in [0, 0.1) is 0 Å². The van der Waals surface area contributed by atoms with Gasteiger partial charge < -0.3 is 39.6 Å². The van der Waals surface area contributed by atoms with Crippen LogP contribution in [0.4, 0.5) is 0 Å². The van der Waals surface area contributed by atoms with Gasteiger partial charge in [0, 0.05) is 12.4 Å². The topological polar surface area (TPSA) is 137 Å². The molecule has 2 aliphatic heterocycles. The van der Waals surface area contributed by atoms with Crippen LogP contribution in [-0.2, 0) is 16.0 Å². The zero-order valence-electron chi connectivity index (χ0n) is 11.1. The summed E-state index contributed by atoms with van der Waals surface area (Å²) in [5, 5.41) is 48.8. The molecule has 7 atom stereocenters. The van der Waals surface area contributed by atoms with E-state index in [0.29, 0.717) is 5.82 Å². The van der Waals surface area contributed by atoms with Gasteiger partial charge in [-0.25, -0.2) is 4.98 Å². The number of imidazole rings is 1. The highest BCUT2D eigenvalue weighted by atomic mass is 16.7. The lowest BCUT2D eigenvalue weighted by Gasteiger charge is -2.39. The SMILES string of the molecule is O[C@@H]1[C@@H](O)[C@H](O[C@@H]2Cn3ccnc3[C@H](O)[C@@H]2O)OC[C@H]1O. The van der Waals surface area contributed by atoms with E-state index in [2.05, 4.69) is 4.98 Å². The molecule has 1 saturated heterocycles. The summed E-state index contributed by atoms with van der Waals surface area (Å²) < 4.78 is 12.2. The maximum Gasteiger partial charge on any atom is 0.186 e. The lowest BCUT2D eigenvalue weighted by Crippen LogP contribution is -2.56. The zero-order chi connectivity index (χ0) is 15.1. The van der Waals surface area contributed by atoms with E-state index in [1.165, 1.54) is 6.20 Å². The molecule has 0 amide bonds. The maximum absolute atomic E-state index is 10.1. The van der Waals surface area contributed by atoms with Crippen molar-refractivity contribution in [1.29, 1.82) is 0 Å². The predicted molar refractivity (Wildman–Crippen MR) is 65.8 cm³/mol. The van der Waals surface area contributed by atoms with E-state index in [1.807, 2.05) is 0 Å². The first-order valence-corrected chi connectivity index (χ1v) is 6.67. The minimum Gasteiger partial charge on any atom is -0.388 e. The number of nitrogens with zero attached hydrogens (tertiary/aromatic N) is 2. The summed E-state index contributed by atoms with van der Waals surface area (Å²) in [4.78, 5) is 3.95. The summed E-state index contributed by atoms with van der Waals surface area (Å²) in [5.41, 5.74) is 0. The second kappa shape index (κ2) is 5.61. The van der Waals surface area contributed by atoms with Crippen molar-refractivity contribution in [2.75, 3.05) is 6.61 Å². The summed E-state index contributed by atoms with van der Waals surface area (Å²) in [6.07, 6.45) is -5.38. The fraction of sp³-hybridized carbons (Fsp3) is 0.750. The third-order valence-electron chi connectivity index (χ3n) is 3.86. The minimum atomic E-state index is -1.44. The van der Waals surface area contributed by atoms with Gasteiger partial charge in [0.2, 0.25) is 0 Å². The third kappa shape index (κ3) is 2.57. The molecule has 5 N–H and O–H groups in total. The average molecular weight is 302 g/mol. The van der Waals surface area contributed by atoms with Crippen LogP contribution >= 0.6 is 0 Å². The van der Waals surface area contributed by atoms with E-state index >= 15 is 0 Å². The van der Waals surface area contributed by atoms with Crippen LogP contribution in [0.1, 0.15) is 11.9 Å². The third-order valence-corrected chi connectivity index (χ3v) is 3.86. The number of ether oxygens (including phenoxy) is 2. The summed E-state index contributed by atoms with van der Waals surface area (Å²) in [5.74, 6) is 0.336. The molecule has 0 saturated carbocycles. The second-order valence-corrected chi connectivity index (χ2v) is 5.30. The summed E-state index contributed by atoms with van der Waals surface area (Å²) in [6, 6.07) is 0. The van der Waals surface area contributed by atoms with Gasteiger partial charge in [0.1, 0.15) is 42.4 Å². The normalized spacial score (nSPS) is 43.6. The van der Waals surface area contributed by atoms with Crippen molar-refractivity contribution in [3.05, 3.63) is 18.2 Å². The fourth-order valence-corrected chi connectivity index (χ4v) is 2.59. The Balaban J connectivity index is 1.71. The van der Waals surface area contributed by atoms with Crippen LogP contribution in [0.3, 0.4) is 0 Å². The van der Waals surface area contributed by atoms with Gasteiger partial charge in [-0.1, -0.05) is 0 Å². The molecule has 0 bridgehead atoms. The summed E-state index contributed by atoms with van der Waals surface area (Å²) in [6.45, 7) is 0.0311. The lowest BCUT2D eigenvalue weighted by atomic mass is 10.0. The van der Waals surface area contributed by atoms with Gasteiger partial charge in [-0.15, -0.1) is 0 Å². The Morgan fingerprint density at radius 2 is 1.90 bits per heavy atom. The number of hydrogen-bond donors (Lipinski definition) is 5. The molecule has 9 heteroatoms. The van der Waals surface area contributed by atoms with Crippen molar-refractivity contribution in [2.24, 2.45) is 0 Å². The van der Waals surface area contributed by atoms with Crippen molar-refractivity contribution in [3.63, 3.8) is 0 Å². The molecule has 0 unspecified atom stereocenters. The molecular weight excluding hydrogens is 284 g/mol. The molecule has 1 aromatic rings. The van der Waals surface area contributed by atoms with Crippen LogP contribution in [-0.4, -0.2) is 78.5 Å². The molecule has 21 heavy (non-hydrogen) atoms. The van der Waals surface area contributed by atoms with Crippen LogP contribution in [0.2, 0.25) is 0 Å². The van der Waals surface area contributed by atoms with E-state index in [1.54, 1.807) is 10.8 Å². The van der Waals surface area contributed by atoms with Gasteiger partial charge in [-0.2, -0.15) is 0 Å². The van der Waals surface area contributed by atoms with Crippen LogP contribution in [0.15, 0.2) is 12.4 Å². The van der Waals surface area contributed by atoms with Crippen molar-refractivity contribution in [1.82, 2.24) is 9.55 Å². The van der Waals surface area contributed by atoms with Gasteiger partial charge in [0.15, 0.2) is 6.29 Å². The largest absolute Gasteiger partial charge is 0.388 e. The van der Waals surface area contributed by atoms with Gasteiger partial charge in [0.05, 0.1) is 13.2 Å². The Morgan fingerprint density at radius 1 is 1.14 bits per heavy atom. The molecule has 0 aromatic carbocycles.